The van der Waals surface area contributed by atoms with Gasteiger partial charge < -0.3 is 10.2 Å². The van der Waals surface area contributed by atoms with Crippen LogP contribution in [0.1, 0.15) is 27.2 Å². The van der Waals surface area contributed by atoms with E-state index in [1.165, 1.54) is 0 Å². The fraction of sp³-hybridized carbons (Fsp3) is 0.600. The lowest BCUT2D eigenvalue weighted by Gasteiger charge is -2.23. The molecule has 70 valence electrons. The molecule has 0 heterocycles. The zero-order chi connectivity index (χ0) is 9.78. The Kier molecular flexibility index (Phi) is 4.21. The van der Waals surface area contributed by atoms with Gasteiger partial charge >= 0.3 is 0 Å². The zero-order valence-electron chi connectivity index (χ0n) is 8.04. The Morgan fingerprint density at radius 2 is 2.08 bits per heavy atom. The second kappa shape index (κ2) is 4.43. The Morgan fingerprint density at radius 1 is 1.58 bits per heavy atom. The van der Waals surface area contributed by atoms with Crippen LogP contribution >= 0.6 is 0 Å². The van der Waals surface area contributed by atoms with Crippen LogP contribution in [0.2, 0.25) is 0 Å². The van der Waals surface area contributed by atoms with E-state index in [-0.39, 0.29) is 0 Å². The Morgan fingerprint density at radius 3 is 2.42 bits per heavy atom. The van der Waals surface area contributed by atoms with Crippen LogP contribution in [0.4, 0.5) is 0 Å². The Labute approximate surface area is 74.2 Å². The highest BCUT2D eigenvalue weighted by Gasteiger charge is 2.22. The van der Waals surface area contributed by atoms with E-state index in [1.807, 2.05) is 13.0 Å². The molecule has 0 radical (unpaired) electrons. The molecule has 0 aliphatic heterocycles. The number of allylic oxidation sites excluding steroid dienone is 2. The van der Waals surface area contributed by atoms with Crippen molar-refractivity contribution in [2.24, 2.45) is 0 Å². The van der Waals surface area contributed by atoms with E-state index in [0.29, 0.717) is 6.42 Å². The van der Waals surface area contributed by atoms with Crippen molar-refractivity contribution in [2.45, 2.75) is 38.9 Å². The summed E-state index contributed by atoms with van der Waals surface area (Å²) in [5, 5.41) is 18.8. The van der Waals surface area contributed by atoms with Crippen molar-refractivity contribution >= 4 is 0 Å². The molecule has 0 saturated heterocycles. The summed E-state index contributed by atoms with van der Waals surface area (Å²) in [6.07, 6.45) is 3.32. The highest BCUT2D eigenvalue weighted by molar-refractivity contribution is 5.13. The van der Waals surface area contributed by atoms with Gasteiger partial charge in [0.1, 0.15) is 0 Å². The van der Waals surface area contributed by atoms with Gasteiger partial charge in [-0.3, -0.25) is 0 Å². The molecule has 0 saturated carbocycles. The molecule has 2 nitrogen and oxygen atoms in total. The number of aliphatic hydroxyl groups excluding tert-OH is 1. The van der Waals surface area contributed by atoms with Gasteiger partial charge in [-0.15, -0.1) is 0 Å². The summed E-state index contributed by atoms with van der Waals surface area (Å²) in [5.41, 5.74) is -0.0175. The van der Waals surface area contributed by atoms with Crippen molar-refractivity contribution in [3.8, 4) is 0 Å². The molecule has 1 unspecified atom stereocenters. The molecule has 0 aromatic heterocycles. The normalized spacial score (nSPS) is 15.9. The molecule has 0 aliphatic carbocycles. The largest absolute Gasteiger partial charge is 0.390 e. The van der Waals surface area contributed by atoms with Gasteiger partial charge in [0.2, 0.25) is 0 Å². The summed E-state index contributed by atoms with van der Waals surface area (Å²) in [6.45, 7) is 8.68. The lowest BCUT2D eigenvalue weighted by Crippen LogP contribution is -2.35. The van der Waals surface area contributed by atoms with E-state index in [4.69, 9.17) is 0 Å². The summed E-state index contributed by atoms with van der Waals surface area (Å²) in [4.78, 5) is 0. The fourth-order valence-corrected chi connectivity index (χ4v) is 0.669. The van der Waals surface area contributed by atoms with Crippen LogP contribution in [0.3, 0.4) is 0 Å². The minimum Gasteiger partial charge on any atom is -0.390 e. The standard InChI is InChI=1S/C10H18O2/c1-5-8(2)6-7-9(11)10(3,4)12/h5-6,9,11-12H,1,7H2,2-4H3/b8-6-. The Hall–Kier alpha value is -0.600. The smallest absolute Gasteiger partial charge is 0.0856 e. The summed E-state index contributed by atoms with van der Waals surface area (Å²) in [7, 11) is 0. The minimum absolute atomic E-state index is 0.460. The minimum atomic E-state index is -1.03. The average Bonchev–Trinajstić information content (AvgIpc) is 1.97. The topological polar surface area (TPSA) is 40.5 Å². The van der Waals surface area contributed by atoms with Crippen molar-refractivity contribution in [3.63, 3.8) is 0 Å². The molecule has 2 heteroatoms. The van der Waals surface area contributed by atoms with Gasteiger partial charge in [-0.1, -0.05) is 24.3 Å². The van der Waals surface area contributed by atoms with Crippen LogP contribution in [0.15, 0.2) is 24.3 Å². The van der Waals surface area contributed by atoms with E-state index in [0.717, 1.165) is 5.57 Å². The first-order chi connectivity index (χ1) is 5.38. The lowest BCUT2D eigenvalue weighted by molar-refractivity contribution is -0.0457. The zero-order valence-corrected chi connectivity index (χ0v) is 8.04. The molecular formula is C10H18O2. The number of rotatable bonds is 4. The SMILES string of the molecule is C=C/C(C)=C\CC(O)C(C)(C)O. The molecule has 0 aliphatic rings. The van der Waals surface area contributed by atoms with Crippen LogP contribution in [-0.2, 0) is 0 Å². The fourth-order valence-electron chi connectivity index (χ4n) is 0.669. The molecule has 0 aromatic carbocycles. The predicted octanol–water partition coefficient (Wildman–Crippen LogP) is 1.64. The third kappa shape index (κ3) is 4.31. The monoisotopic (exact) mass is 170 g/mol. The quantitative estimate of drug-likeness (QED) is 0.630. The second-order valence-corrected chi connectivity index (χ2v) is 3.56. The second-order valence-electron chi connectivity index (χ2n) is 3.56. The molecular weight excluding hydrogens is 152 g/mol. The van der Waals surface area contributed by atoms with Crippen LogP contribution < -0.4 is 0 Å². The molecule has 0 fully saturated rings. The molecule has 0 rings (SSSR count). The average molecular weight is 170 g/mol. The predicted molar refractivity (Wildman–Crippen MR) is 50.9 cm³/mol. The molecule has 0 aromatic rings. The molecule has 0 bridgehead atoms. The summed E-state index contributed by atoms with van der Waals surface area (Å²) < 4.78 is 0. The van der Waals surface area contributed by atoms with Gasteiger partial charge in [-0.25, -0.2) is 0 Å². The van der Waals surface area contributed by atoms with Gasteiger partial charge in [0.15, 0.2) is 0 Å². The summed E-state index contributed by atoms with van der Waals surface area (Å²) in [6, 6.07) is 0. The van der Waals surface area contributed by atoms with Crippen molar-refractivity contribution in [1.29, 1.82) is 0 Å². The van der Waals surface area contributed by atoms with E-state index < -0.39 is 11.7 Å². The van der Waals surface area contributed by atoms with Crippen molar-refractivity contribution in [1.82, 2.24) is 0 Å². The molecule has 12 heavy (non-hydrogen) atoms. The molecule has 0 spiro atoms. The maximum atomic E-state index is 9.40. The van der Waals surface area contributed by atoms with E-state index in [1.54, 1.807) is 19.9 Å². The summed E-state index contributed by atoms with van der Waals surface area (Å²) in [5.74, 6) is 0. The van der Waals surface area contributed by atoms with Crippen LogP contribution in [0, 0.1) is 0 Å². The van der Waals surface area contributed by atoms with E-state index >= 15 is 0 Å². The Bertz CT molecular complexity index is 175. The molecule has 2 N–H and O–H groups in total. The third-order valence-electron chi connectivity index (χ3n) is 1.80. The van der Waals surface area contributed by atoms with Crippen LogP contribution in [-0.4, -0.2) is 21.9 Å². The van der Waals surface area contributed by atoms with Crippen LogP contribution in [0.25, 0.3) is 0 Å². The first kappa shape index (κ1) is 11.4. The summed E-state index contributed by atoms with van der Waals surface area (Å²) >= 11 is 0. The highest BCUT2D eigenvalue weighted by Crippen LogP contribution is 2.13. The number of aliphatic hydroxyl groups is 2. The maximum absolute atomic E-state index is 9.40. The molecule has 1 atom stereocenters. The van der Waals surface area contributed by atoms with Gasteiger partial charge in [-0.2, -0.15) is 0 Å². The van der Waals surface area contributed by atoms with Gasteiger partial charge in [-0.05, 0) is 27.2 Å². The Balaban J connectivity index is 4.03. The molecule has 0 amide bonds. The number of hydrogen-bond donors (Lipinski definition) is 2. The van der Waals surface area contributed by atoms with Gasteiger partial charge in [0, 0.05) is 0 Å². The van der Waals surface area contributed by atoms with Crippen molar-refractivity contribution < 1.29 is 10.2 Å². The van der Waals surface area contributed by atoms with Gasteiger partial charge in [0.25, 0.3) is 0 Å². The van der Waals surface area contributed by atoms with E-state index in [2.05, 4.69) is 6.58 Å². The number of hydrogen-bond acceptors (Lipinski definition) is 2. The third-order valence-corrected chi connectivity index (χ3v) is 1.80. The maximum Gasteiger partial charge on any atom is 0.0856 e. The van der Waals surface area contributed by atoms with E-state index in [9.17, 15) is 10.2 Å². The first-order valence-electron chi connectivity index (χ1n) is 4.07. The van der Waals surface area contributed by atoms with Gasteiger partial charge in [0.05, 0.1) is 11.7 Å². The highest BCUT2D eigenvalue weighted by atomic mass is 16.3. The van der Waals surface area contributed by atoms with Crippen molar-refractivity contribution in [3.05, 3.63) is 24.3 Å². The first-order valence-corrected chi connectivity index (χ1v) is 4.07. The lowest BCUT2D eigenvalue weighted by atomic mass is 9.98. The van der Waals surface area contributed by atoms with Crippen molar-refractivity contribution in [2.75, 3.05) is 0 Å². The van der Waals surface area contributed by atoms with Crippen LogP contribution in [0.5, 0.6) is 0 Å².